The Morgan fingerprint density at radius 2 is 1.97 bits per heavy atom. The molecule has 0 spiro atoms. The zero-order valence-electron chi connectivity index (χ0n) is 22.1. The van der Waals surface area contributed by atoms with Gasteiger partial charge in [0.05, 0.1) is 12.7 Å². The number of carbonyl (C=O) groups excluding carboxylic acids is 2. The Morgan fingerprint density at radius 1 is 1.19 bits per heavy atom. The maximum Gasteiger partial charge on any atom is 0.408 e. The molecule has 3 aliphatic carbocycles. The third kappa shape index (κ3) is 4.70. The van der Waals surface area contributed by atoms with Crippen LogP contribution in [-0.2, 0) is 21.4 Å². The lowest BCUT2D eigenvalue weighted by Gasteiger charge is -2.65. The maximum absolute atomic E-state index is 12.7. The van der Waals surface area contributed by atoms with Crippen molar-refractivity contribution in [2.45, 2.75) is 94.4 Å². The number of rotatable bonds is 6. The van der Waals surface area contributed by atoms with Crippen LogP contribution in [0.5, 0.6) is 5.75 Å². The van der Waals surface area contributed by atoms with Gasteiger partial charge in [-0.3, -0.25) is 9.69 Å². The Labute approximate surface area is 214 Å². The van der Waals surface area contributed by atoms with Crippen LogP contribution < -0.4 is 15.4 Å². The number of nitrogens with one attached hydrogen (secondary N) is 2. The first-order chi connectivity index (χ1) is 17.0. The number of aliphatic hydroxyl groups is 1. The van der Waals surface area contributed by atoms with Gasteiger partial charge in [-0.1, -0.05) is 6.07 Å². The van der Waals surface area contributed by atoms with Gasteiger partial charge in [-0.05, 0) is 101 Å². The Bertz CT molecular complexity index is 1020. The molecule has 1 aliphatic heterocycles. The highest BCUT2D eigenvalue weighted by Crippen LogP contribution is 2.58. The molecule has 3 N–H and O–H groups in total. The quantitative estimate of drug-likeness (QED) is 0.557. The fourth-order valence-electron chi connectivity index (χ4n) is 6.94. The van der Waals surface area contributed by atoms with Crippen LogP contribution in [0.2, 0.25) is 0 Å². The molecular weight excluding hydrogens is 458 g/mol. The molecule has 0 radical (unpaired) electrons. The van der Waals surface area contributed by atoms with E-state index in [0.29, 0.717) is 19.3 Å². The zero-order chi connectivity index (χ0) is 25.7. The Kier molecular flexibility index (Phi) is 6.48. The lowest BCUT2D eigenvalue weighted by molar-refractivity contribution is -0.171. The number of fused-ring (bicyclic) bond motifs is 1. The van der Waals surface area contributed by atoms with Crippen molar-refractivity contribution < 1.29 is 24.2 Å². The van der Waals surface area contributed by atoms with E-state index in [1.54, 1.807) is 27.9 Å². The van der Waals surface area contributed by atoms with Crippen molar-refractivity contribution in [1.82, 2.24) is 15.5 Å². The number of amides is 2. The highest BCUT2D eigenvalue weighted by atomic mass is 16.6. The molecule has 2 bridgehead atoms. The second-order valence-corrected chi connectivity index (χ2v) is 12.3. The summed E-state index contributed by atoms with van der Waals surface area (Å²) in [6.07, 6.45) is 5.72. The van der Waals surface area contributed by atoms with Crippen molar-refractivity contribution in [3.63, 3.8) is 0 Å². The topological polar surface area (TPSA) is 100 Å². The van der Waals surface area contributed by atoms with E-state index in [1.165, 1.54) is 24.0 Å². The Morgan fingerprint density at radius 3 is 2.67 bits per heavy atom. The van der Waals surface area contributed by atoms with Gasteiger partial charge in [0, 0.05) is 24.0 Å². The summed E-state index contributed by atoms with van der Waals surface area (Å²) in [6.45, 7) is 7.26. The fourth-order valence-corrected chi connectivity index (χ4v) is 6.94. The number of piperidine rings is 1. The molecule has 36 heavy (non-hydrogen) atoms. The molecule has 8 heteroatoms. The predicted molar refractivity (Wildman–Crippen MR) is 136 cm³/mol. The largest absolute Gasteiger partial charge is 0.497 e. The van der Waals surface area contributed by atoms with Crippen LogP contribution in [0.15, 0.2) is 18.2 Å². The molecular formula is C28H41N3O5. The summed E-state index contributed by atoms with van der Waals surface area (Å²) in [6, 6.07) is 6.31. The van der Waals surface area contributed by atoms with E-state index in [9.17, 15) is 14.7 Å². The van der Waals surface area contributed by atoms with Gasteiger partial charge in [-0.2, -0.15) is 0 Å². The standard InChI is InChI=1S/C28H41N3O5/c1-26(2,3)36-25(33)29-16-24(32)30-20-9-10-28(34)23-13-19-7-8-21(35-4)14-22(19)27(28,15-20)11-12-31(23)17-18-5-6-18/h7-8,14,18,20,23,34H,5-6,9-13,15-17H2,1-4H3,(H,29,33)(H,30,32)/t20-,23-,27-,28-/m1/s1. The van der Waals surface area contributed by atoms with Gasteiger partial charge in [0.25, 0.3) is 0 Å². The average molecular weight is 500 g/mol. The summed E-state index contributed by atoms with van der Waals surface area (Å²) >= 11 is 0. The normalized spacial score (nSPS) is 31.6. The second kappa shape index (κ2) is 9.21. The zero-order valence-corrected chi connectivity index (χ0v) is 22.1. The average Bonchev–Trinajstić information content (AvgIpc) is 3.63. The lowest BCUT2D eigenvalue weighted by Crippen LogP contribution is -2.74. The molecule has 4 atom stereocenters. The molecule has 1 heterocycles. The third-order valence-corrected chi connectivity index (χ3v) is 8.71. The monoisotopic (exact) mass is 499 g/mol. The van der Waals surface area contributed by atoms with Crippen molar-refractivity contribution in [3.05, 3.63) is 29.3 Å². The van der Waals surface area contributed by atoms with Crippen LogP contribution >= 0.6 is 0 Å². The van der Waals surface area contributed by atoms with Crippen molar-refractivity contribution in [1.29, 1.82) is 0 Å². The number of carbonyl (C=O) groups is 2. The van der Waals surface area contributed by atoms with Crippen molar-refractivity contribution in [3.8, 4) is 5.75 Å². The SMILES string of the molecule is COc1ccc2c(c1)[C@]13CCN(CC4CC4)[C@H](C2)[C@]1(O)CC[C@@H](NC(=O)CNC(=O)OC(C)(C)C)C3. The maximum atomic E-state index is 12.7. The summed E-state index contributed by atoms with van der Waals surface area (Å²) in [4.78, 5) is 27.3. The van der Waals surface area contributed by atoms with E-state index < -0.39 is 22.7 Å². The summed E-state index contributed by atoms with van der Waals surface area (Å²) in [5, 5.41) is 18.1. The van der Waals surface area contributed by atoms with Crippen LogP contribution in [0.3, 0.4) is 0 Å². The van der Waals surface area contributed by atoms with Crippen molar-refractivity contribution in [2.24, 2.45) is 5.92 Å². The molecule has 8 nitrogen and oxygen atoms in total. The summed E-state index contributed by atoms with van der Waals surface area (Å²) in [5.41, 5.74) is 0.569. The fraction of sp³-hybridized carbons (Fsp3) is 0.714. The third-order valence-electron chi connectivity index (χ3n) is 8.71. The molecule has 1 saturated heterocycles. The number of ether oxygens (including phenoxy) is 2. The van der Waals surface area contributed by atoms with Crippen molar-refractivity contribution in [2.75, 3.05) is 26.7 Å². The molecule has 4 aliphatic rings. The van der Waals surface area contributed by atoms with Gasteiger partial charge in [0.1, 0.15) is 17.9 Å². The first kappa shape index (κ1) is 25.3. The minimum absolute atomic E-state index is 0.0778. The molecule has 3 fully saturated rings. The minimum Gasteiger partial charge on any atom is -0.497 e. The van der Waals surface area contributed by atoms with E-state index in [-0.39, 0.29) is 24.5 Å². The van der Waals surface area contributed by atoms with Crippen LogP contribution in [0, 0.1) is 5.92 Å². The molecule has 5 rings (SSSR count). The van der Waals surface area contributed by atoms with Gasteiger partial charge in [0.2, 0.25) is 5.91 Å². The second-order valence-electron chi connectivity index (χ2n) is 12.3. The highest BCUT2D eigenvalue weighted by Gasteiger charge is 2.64. The molecule has 1 aromatic carbocycles. The van der Waals surface area contributed by atoms with Gasteiger partial charge in [-0.25, -0.2) is 4.79 Å². The molecule has 2 amide bonds. The molecule has 2 saturated carbocycles. The predicted octanol–water partition coefficient (Wildman–Crippen LogP) is 2.90. The molecule has 0 unspecified atom stereocenters. The van der Waals surface area contributed by atoms with Gasteiger partial charge in [0.15, 0.2) is 0 Å². The van der Waals surface area contributed by atoms with Crippen molar-refractivity contribution >= 4 is 12.0 Å². The first-order valence-corrected chi connectivity index (χ1v) is 13.4. The van der Waals surface area contributed by atoms with Gasteiger partial charge in [-0.15, -0.1) is 0 Å². The number of methoxy groups -OCH3 is 1. The van der Waals surface area contributed by atoms with E-state index >= 15 is 0 Å². The van der Waals surface area contributed by atoms with E-state index in [2.05, 4.69) is 27.7 Å². The highest BCUT2D eigenvalue weighted by molar-refractivity contribution is 5.82. The number of hydrogen-bond donors (Lipinski definition) is 3. The number of likely N-dealkylation sites (tertiary alicyclic amines) is 1. The number of benzene rings is 1. The number of alkyl carbamates (subject to hydrolysis) is 1. The van der Waals surface area contributed by atoms with Crippen LogP contribution in [0.4, 0.5) is 4.79 Å². The molecule has 1 aromatic rings. The van der Waals surface area contributed by atoms with Gasteiger partial charge < -0.3 is 25.2 Å². The van der Waals surface area contributed by atoms with Gasteiger partial charge >= 0.3 is 6.09 Å². The summed E-state index contributed by atoms with van der Waals surface area (Å²) < 4.78 is 10.8. The lowest BCUT2D eigenvalue weighted by atomic mass is 9.49. The first-order valence-electron chi connectivity index (χ1n) is 13.4. The number of hydrogen-bond acceptors (Lipinski definition) is 6. The van der Waals surface area contributed by atoms with E-state index in [4.69, 9.17) is 9.47 Å². The van der Waals surface area contributed by atoms with E-state index in [1.807, 2.05) is 6.07 Å². The molecule has 198 valence electrons. The summed E-state index contributed by atoms with van der Waals surface area (Å²) in [5.74, 6) is 1.33. The Balaban J connectivity index is 1.35. The molecule has 0 aromatic heterocycles. The minimum atomic E-state index is -0.838. The van der Waals surface area contributed by atoms with Crippen LogP contribution in [0.1, 0.15) is 70.4 Å². The smallest absolute Gasteiger partial charge is 0.408 e. The Hall–Kier alpha value is -2.32. The van der Waals surface area contributed by atoms with Crippen LogP contribution in [-0.4, -0.2) is 72.0 Å². The van der Waals surface area contributed by atoms with Crippen LogP contribution in [0.25, 0.3) is 0 Å². The summed E-state index contributed by atoms with van der Waals surface area (Å²) in [7, 11) is 1.68. The number of nitrogens with zero attached hydrogens (tertiary/aromatic N) is 1. The van der Waals surface area contributed by atoms with E-state index in [0.717, 1.165) is 37.6 Å².